The van der Waals surface area contributed by atoms with Gasteiger partial charge in [-0.25, -0.2) is 0 Å². The van der Waals surface area contributed by atoms with Crippen LogP contribution < -0.4 is 10.1 Å². The van der Waals surface area contributed by atoms with Crippen LogP contribution >= 0.6 is 0 Å². The SMILES string of the molecule is CNC(C)C(C)Oc1ccccc1C(C)C. The molecule has 0 heterocycles. The van der Waals surface area contributed by atoms with Crippen LogP contribution in [0.15, 0.2) is 24.3 Å². The van der Waals surface area contributed by atoms with Crippen molar-refractivity contribution in [2.75, 3.05) is 7.05 Å². The summed E-state index contributed by atoms with van der Waals surface area (Å²) in [6.07, 6.45) is 0.171. The van der Waals surface area contributed by atoms with Crippen molar-refractivity contribution in [3.05, 3.63) is 29.8 Å². The van der Waals surface area contributed by atoms with Gasteiger partial charge in [0, 0.05) is 6.04 Å². The van der Waals surface area contributed by atoms with Crippen molar-refractivity contribution >= 4 is 0 Å². The van der Waals surface area contributed by atoms with Crippen LogP contribution in [0.25, 0.3) is 0 Å². The lowest BCUT2D eigenvalue weighted by atomic mass is 10.0. The van der Waals surface area contributed by atoms with Crippen LogP contribution in [0.2, 0.25) is 0 Å². The third-order valence-electron chi connectivity index (χ3n) is 3.01. The van der Waals surface area contributed by atoms with Crippen molar-refractivity contribution in [2.45, 2.75) is 45.8 Å². The molecule has 2 atom stereocenters. The summed E-state index contributed by atoms with van der Waals surface area (Å²) < 4.78 is 6.00. The zero-order chi connectivity index (χ0) is 12.1. The van der Waals surface area contributed by atoms with Gasteiger partial charge >= 0.3 is 0 Å². The van der Waals surface area contributed by atoms with E-state index in [1.54, 1.807) is 0 Å². The highest BCUT2D eigenvalue weighted by molar-refractivity contribution is 5.35. The van der Waals surface area contributed by atoms with Gasteiger partial charge in [0.25, 0.3) is 0 Å². The quantitative estimate of drug-likeness (QED) is 0.824. The molecule has 16 heavy (non-hydrogen) atoms. The van der Waals surface area contributed by atoms with Gasteiger partial charge in [-0.05, 0) is 38.4 Å². The fourth-order valence-electron chi connectivity index (χ4n) is 1.60. The van der Waals surface area contributed by atoms with Crippen molar-refractivity contribution in [3.63, 3.8) is 0 Å². The maximum atomic E-state index is 6.00. The van der Waals surface area contributed by atoms with Crippen molar-refractivity contribution in [2.24, 2.45) is 0 Å². The van der Waals surface area contributed by atoms with Crippen LogP contribution in [0.4, 0.5) is 0 Å². The minimum Gasteiger partial charge on any atom is -0.489 e. The topological polar surface area (TPSA) is 21.3 Å². The Morgan fingerprint density at radius 3 is 2.25 bits per heavy atom. The molecule has 0 fully saturated rings. The van der Waals surface area contributed by atoms with E-state index in [1.807, 2.05) is 19.2 Å². The minimum atomic E-state index is 0.171. The number of hydrogen-bond donors (Lipinski definition) is 1. The van der Waals surface area contributed by atoms with E-state index in [0.717, 1.165) is 5.75 Å². The number of benzene rings is 1. The van der Waals surface area contributed by atoms with E-state index in [4.69, 9.17) is 4.74 Å². The Labute approximate surface area is 99.0 Å². The summed E-state index contributed by atoms with van der Waals surface area (Å²) in [6.45, 7) is 8.60. The molecule has 90 valence electrons. The lowest BCUT2D eigenvalue weighted by molar-refractivity contribution is 0.180. The number of para-hydroxylation sites is 1. The average Bonchev–Trinajstić information content (AvgIpc) is 2.28. The average molecular weight is 221 g/mol. The number of ether oxygens (including phenoxy) is 1. The van der Waals surface area contributed by atoms with Gasteiger partial charge in [0.15, 0.2) is 0 Å². The highest BCUT2D eigenvalue weighted by Gasteiger charge is 2.14. The van der Waals surface area contributed by atoms with Crippen molar-refractivity contribution in [1.82, 2.24) is 5.32 Å². The van der Waals surface area contributed by atoms with Crippen LogP contribution in [0.5, 0.6) is 5.75 Å². The van der Waals surface area contributed by atoms with Crippen LogP contribution in [0.3, 0.4) is 0 Å². The van der Waals surface area contributed by atoms with Crippen molar-refractivity contribution in [3.8, 4) is 5.75 Å². The normalized spacial score (nSPS) is 14.9. The second-order valence-electron chi connectivity index (χ2n) is 4.59. The molecule has 2 unspecified atom stereocenters. The molecule has 1 rings (SSSR count). The molecule has 2 heteroatoms. The van der Waals surface area contributed by atoms with Gasteiger partial charge in [0.1, 0.15) is 11.9 Å². The Balaban J connectivity index is 2.80. The van der Waals surface area contributed by atoms with Crippen LogP contribution in [0.1, 0.15) is 39.2 Å². The third kappa shape index (κ3) is 3.24. The first-order valence-electron chi connectivity index (χ1n) is 5.99. The maximum absolute atomic E-state index is 6.00. The minimum absolute atomic E-state index is 0.171. The molecule has 0 amide bonds. The zero-order valence-electron chi connectivity index (χ0n) is 10.9. The van der Waals surface area contributed by atoms with Gasteiger partial charge in [0.2, 0.25) is 0 Å². The molecule has 0 saturated carbocycles. The summed E-state index contributed by atoms with van der Waals surface area (Å²) in [5.41, 5.74) is 1.28. The van der Waals surface area contributed by atoms with E-state index in [9.17, 15) is 0 Å². The molecular weight excluding hydrogens is 198 g/mol. The van der Waals surface area contributed by atoms with Gasteiger partial charge in [0.05, 0.1) is 0 Å². The molecule has 0 aliphatic rings. The Kier molecular flexibility index (Phi) is 4.81. The number of nitrogens with one attached hydrogen (secondary N) is 1. The summed E-state index contributed by atoms with van der Waals surface area (Å²) in [4.78, 5) is 0. The molecule has 0 radical (unpaired) electrons. The highest BCUT2D eigenvalue weighted by Crippen LogP contribution is 2.26. The lowest BCUT2D eigenvalue weighted by Crippen LogP contribution is -2.36. The molecule has 0 aliphatic carbocycles. The Morgan fingerprint density at radius 1 is 1.06 bits per heavy atom. The summed E-state index contributed by atoms with van der Waals surface area (Å²) in [7, 11) is 1.96. The Morgan fingerprint density at radius 2 is 1.69 bits per heavy atom. The third-order valence-corrected chi connectivity index (χ3v) is 3.01. The summed E-state index contributed by atoms with van der Waals surface area (Å²) in [5, 5.41) is 3.21. The summed E-state index contributed by atoms with van der Waals surface area (Å²) >= 11 is 0. The molecule has 0 bridgehead atoms. The smallest absolute Gasteiger partial charge is 0.123 e. The molecule has 0 aromatic heterocycles. The molecule has 1 aromatic carbocycles. The molecular formula is C14H23NO. The van der Waals surface area contributed by atoms with Crippen LogP contribution in [-0.2, 0) is 0 Å². The number of hydrogen-bond acceptors (Lipinski definition) is 2. The van der Waals surface area contributed by atoms with E-state index in [1.165, 1.54) is 5.56 Å². The predicted octanol–water partition coefficient (Wildman–Crippen LogP) is 3.19. The van der Waals surface area contributed by atoms with E-state index in [2.05, 4.69) is 45.1 Å². The van der Waals surface area contributed by atoms with Crippen LogP contribution in [0, 0.1) is 0 Å². The zero-order valence-corrected chi connectivity index (χ0v) is 10.9. The van der Waals surface area contributed by atoms with E-state index < -0.39 is 0 Å². The Bertz CT molecular complexity index is 322. The van der Waals surface area contributed by atoms with Crippen molar-refractivity contribution < 1.29 is 4.74 Å². The molecule has 1 N–H and O–H groups in total. The summed E-state index contributed by atoms with van der Waals surface area (Å²) in [6, 6.07) is 8.62. The number of rotatable bonds is 5. The molecule has 2 nitrogen and oxygen atoms in total. The van der Waals surface area contributed by atoms with Gasteiger partial charge in [-0.15, -0.1) is 0 Å². The number of likely N-dealkylation sites (N-methyl/N-ethyl adjacent to an activating group) is 1. The first-order valence-corrected chi connectivity index (χ1v) is 5.99. The van der Waals surface area contributed by atoms with Crippen molar-refractivity contribution in [1.29, 1.82) is 0 Å². The second kappa shape index (κ2) is 5.90. The van der Waals surface area contributed by atoms with Gasteiger partial charge in [-0.2, -0.15) is 0 Å². The molecule has 1 aromatic rings. The van der Waals surface area contributed by atoms with E-state index >= 15 is 0 Å². The first kappa shape index (κ1) is 13.0. The fourth-order valence-corrected chi connectivity index (χ4v) is 1.60. The van der Waals surface area contributed by atoms with Gasteiger partial charge in [-0.1, -0.05) is 32.0 Å². The maximum Gasteiger partial charge on any atom is 0.123 e. The summed E-state index contributed by atoms with van der Waals surface area (Å²) in [5.74, 6) is 1.50. The molecule has 0 spiro atoms. The molecule has 0 saturated heterocycles. The second-order valence-corrected chi connectivity index (χ2v) is 4.59. The standard InChI is InChI=1S/C14H23NO/c1-10(2)13-8-6-7-9-14(13)16-12(4)11(3)15-5/h6-12,15H,1-5H3. The Hall–Kier alpha value is -1.02. The first-order chi connectivity index (χ1) is 7.56. The highest BCUT2D eigenvalue weighted by atomic mass is 16.5. The van der Waals surface area contributed by atoms with Gasteiger partial charge < -0.3 is 10.1 Å². The predicted molar refractivity (Wildman–Crippen MR) is 69.1 cm³/mol. The lowest BCUT2D eigenvalue weighted by Gasteiger charge is -2.23. The van der Waals surface area contributed by atoms with Gasteiger partial charge in [-0.3, -0.25) is 0 Å². The van der Waals surface area contributed by atoms with Crippen LogP contribution in [-0.4, -0.2) is 19.2 Å². The molecule has 0 aliphatic heterocycles. The fraction of sp³-hybridized carbons (Fsp3) is 0.571. The van der Waals surface area contributed by atoms with E-state index in [0.29, 0.717) is 12.0 Å². The van der Waals surface area contributed by atoms with E-state index in [-0.39, 0.29) is 6.10 Å². The largest absolute Gasteiger partial charge is 0.489 e. The monoisotopic (exact) mass is 221 g/mol.